The average Bonchev–Trinajstić information content (AvgIpc) is 3.27. The highest BCUT2D eigenvalue weighted by Gasteiger charge is 2.22. The van der Waals surface area contributed by atoms with Gasteiger partial charge in [0.15, 0.2) is 5.82 Å². The van der Waals surface area contributed by atoms with Crippen molar-refractivity contribution in [1.82, 2.24) is 14.9 Å². The summed E-state index contributed by atoms with van der Waals surface area (Å²) in [6.45, 7) is 0. The second-order valence-corrected chi connectivity index (χ2v) is 8.99. The number of rotatable bonds is 2. The first-order valence-corrected chi connectivity index (χ1v) is 10.3. The van der Waals surface area contributed by atoms with Gasteiger partial charge in [-0.1, -0.05) is 54.2 Å². The minimum Gasteiger partial charge on any atom is -0.186 e. The standard InChI is InChI=1S/C18H11BrN4S2/c19-16-9-8-15(25-16)14-10-24-18-21-20-17(23(18)22-14)13-7-3-5-11-4-1-2-6-12(11)13/h1-9H,10H2. The predicted molar refractivity (Wildman–Crippen MR) is 108 cm³/mol. The highest BCUT2D eigenvalue weighted by molar-refractivity contribution is 9.11. The van der Waals surface area contributed by atoms with E-state index < -0.39 is 0 Å². The van der Waals surface area contributed by atoms with Crippen LogP contribution in [0.25, 0.3) is 22.2 Å². The van der Waals surface area contributed by atoms with Crippen LogP contribution in [0.2, 0.25) is 0 Å². The van der Waals surface area contributed by atoms with Crippen LogP contribution in [0.1, 0.15) is 4.88 Å². The molecule has 0 N–H and O–H groups in total. The van der Waals surface area contributed by atoms with Crippen molar-refractivity contribution < 1.29 is 0 Å². The van der Waals surface area contributed by atoms with Gasteiger partial charge < -0.3 is 0 Å². The summed E-state index contributed by atoms with van der Waals surface area (Å²) in [6, 6.07) is 18.7. The number of fused-ring (bicyclic) bond motifs is 2. The monoisotopic (exact) mass is 426 g/mol. The van der Waals surface area contributed by atoms with Crippen LogP contribution in [0.15, 0.2) is 68.6 Å². The lowest BCUT2D eigenvalue weighted by atomic mass is 10.0. The zero-order valence-electron chi connectivity index (χ0n) is 12.9. The summed E-state index contributed by atoms with van der Waals surface area (Å²) >= 11 is 6.89. The van der Waals surface area contributed by atoms with Crippen molar-refractivity contribution in [1.29, 1.82) is 0 Å². The second-order valence-electron chi connectivity index (χ2n) is 5.58. The van der Waals surface area contributed by atoms with Crippen molar-refractivity contribution in [3.63, 3.8) is 0 Å². The third-order valence-corrected chi connectivity index (χ3v) is 6.66. The molecule has 5 rings (SSSR count). The normalized spacial score (nSPS) is 13.7. The second kappa shape index (κ2) is 6.09. The van der Waals surface area contributed by atoms with Crippen LogP contribution in [-0.4, -0.2) is 26.3 Å². The Morgan fingerprint density at radius 3 is 2.72 bits per heavy atom. The zero-order valence-corrected chi connectivity index (χ0v) is 16.1. The van der Waals surface area contributed by atoms with E-state index in [1.54, 1.807) is 23.1 Å². The van der Waals surface area contributed by atoms with Crippen LogP contribution in [0.4, 0.5) is 0 Å². The highest BCUT2D eigenvalue weighted by atomic mass is 79.9. The summed E-state index contributed by atoms with van der Waals surface area (Å²) in [6.07, 6.45) is 0. The minimum atomic E-state index is 0.784. The number of halogens is 1. The molecule has 0 fully saturated rings. The smallest absolute Gasteiger partial charge is 0.186 e. The van der Waals surface area contributed by atoms with E-state index in [2.05, 4.69) is 68.6 Å². The summed E-state index contributed by atoms with van der Waals surface area (Å²) in [5.41, 5.74) is 2.10. The van der Waals surface area contributed by atoms with Gasteiger partial charge in [-0.3, -0.25) is 0 Å². The summed E-state index contributed by atoms with van der Waals surface area (Å²) < 4.78 is 2.98. The van der Waals surface area contributed by atoms with Gasteiger partial charge in [0.2, 0.25) is 5.16 Å². The Balaban J connectivity index is 1.69. The summed E-state index contributed by atoms with van der Waals surface area (Å²) in [5.74, 6) is 1.59. The van der Waals surface area contributed by atoms with E-state index in [1.165, 1.54) is 10.3 Å². The molecule has 0 spiro atoms. The Hall–Kier alpha value is -1.96. The fourth-order valence-electron chi connectivity index (χ4n) is 2.91. The van der Waals surface area contributed by atoms with E-state index in [9.17, 15) is 0 Å². The van der Waals surface area contributed by atoms with Crippen molar-refractivity contribution in [2.75, 3.05) is 5.75 Å². The summed E-state index contributed by atoms with van der Waals surface area (Å²) in [5, 5.41) is 16.8. The van der Waals surface area contributed by atoms with Gasteiger partial charge in [-0.05, 0) is 38.8 Å². The maximum atomic E-state index is 4.85. The van der Waals surface area contributed by atoms with Gasteiger partial charge in [-0.15, -0.1) is 21.5 Å². The molecule has 1 aliphatic heterocycles. The lowest BCUT2D eigenvalue weighted by Crippen LogP contribution is -2.12. The largest absolute Gasteiger partial charge is 0.212 e. The minimum absolute atomic E-state index is 0.784. The molecule has 0 radical (unpaired) electrons. The fourth-order valence-corrected chi connectivity index (χ4v) is 5.19. The molecule has 0 bridgehead atoms. The lowest BCUT2D eigenvalue weighted by Gasteiger charge is -2.13. The lowest BCUT2D eigenvalue weighted by molar-refractivity contribution is 0.763. The molecule has 25 heavy (non-hydrogen) atoms. The number of nitrogens with zero attached hydrogens (tertiary/aromatic N) is 4. The SMILES string of the molecule is Brc1ccc(C2=Nn3c(nnc3-c3cccc4ccccc34)SC2)s1. The third kappa shape index (κ3) is 2.63. The molecular weight excluding hydrogens is 416 g/mol. The van der Waals surface area contributed by atoms with Gasteiger partial charge in [0, 0.05) is 11.3 Å². The Labute approximate surface area is 160 Å². The molecule has 2 aromatic carbocycles. The van der Waals surface area contributed by atoms with E-state index >= 15 is 0 Å². The van der Waals surface area contributed by atoms with Crippen molar-refractivity contribution >= 4 is 55.5 Å². The maximum absolute atomic E-state index is 4.85. The Morgan fingerprint density at radius 1 is 0.960 bits per heavy atom. The van der Waals surface area contributed by atoms with Crippen molar-refractivity contribution in [2.24, 2.45) is 5.10 Å². The molecular formula is C18H11BrN4S2. The molecule has 3 heterocycles. The maximum Gasteiger partial charge on any atom is 0.212 e. The van der Waals surface area contributed by atoms with Crippen LogP contribution in [0.3, 0.4) is 0 Å². The topological polar surface area (TPSA) is 43.1 Å². The van der Waals surface area contributed by atoms with Gasteiger partial charge in [-0.2, -0.15) is 9.78 Å². The quantitative estimate of drug-likeness (QED) is 0.437. The molecule has 0 saturated carbocycles. The predicted octanol–water partition coefficient (Wildman–Crippen LogP) is 5.28. The first-order chi connectivity index (χ1) is 12.3. The van der Waals surface area contributed by atoms with Crippen molar-refractivity contribution in [3.8, 4) is 11.4 Å². The Morgan fingerprint density at radius 2 is 1.84 bits per heavy atom. The van der Waals surface area contributed by atoms with Crippen molar-refractivity contribution in [2.45, 2.75) is 5.16 Å². The van der Waals surface area contributed by atoms with Crippen molar-refractivity contribution in [3.05, 3.63) is 63.3 Å². The van der Waals surface area contributed by atoms with Gasteiger partial charge in [0.05, 0.1) is 14.4 Å². The summed E-state index contributed by atoms with van der Waals surface area (Å²) in [7, 11) is 0. The van der Waals surface area contributed by atoms with E-state index in [4.69, 9.17) is 5.10 Å². The molecule has 0 amide bonds. The highest BCUT2D eigenvalue weighted by Crippen LogP contribution is 2.33. The fraction of sp³-hybridized carbons (Fsp3) is 0.0556. The van der Waals surface area contributed by atoms with E-state index in [1.807, 2.05) is 16.8 Å². The molecule has 0 aliphatic carbocycles. The van der Waals surface area contributed by atoms with Gasteiger partial charge in [0.25, 0.3) is 0 Å². The van der Waals surface area contributed by atoms with E-state index in [-0.39, 0.29) is 0 Å². The Kier molecular flexibility index (Phi) is 3.73. The van der Waals surface area contributed by atoms with Gasteiger partial charge in [0.1, 0.15) is 0 Å². The molecule has 2 aromatic heterocycles. The average molecular weight is 427 g/mol. The number of benzene rings is 2. The van der Waals surface area contributed by atoms with Gasteiger partial charge in [-0.25, -0.2) is 0 Å². The number of thiophene rings is 1. The first-order valence-electron chi connectivity index (χ1n) is 7.69. The number of hydrogen-bond donors (Lipinski definition) is 0. The molecule has 0 atom stereocenters. The van der Waals surface area contributed by atoms with Crippen LogP contribution in [0.5, 0.6) is 0 Å². The third-order valence-electron chi connectivity index (χ3n) is 4.06. The molecule has 4 nitrogen and oxygen atoms in total. The molecule has 1 aliphatic rings. The van der Waals surface area contributed by atoms with Crippen LogP contribution < -0.4 is 0 Å². The molecule has 0 saturated heterocycles. The summed E-state index contributed by atoms with van der Waals surface area (Å²) in [4.78, 5) is 1.17. The number of hydrogen-bond acceptors (Lipinski definition) is 5. The van der Waals surface area contributed by atoms with Gasteiger partial charge >= 0.3 is 0 Å². The Bertz CT molecular complexity index is 1120. The van der Waals surface area contributed by atoms with E-state index in [0.717, 1.165) is 37.2 Å². The molecule has 0 unspecified atom stereocenters. The van der Waals surface area contributed by atoms with Crippen LogP contribution >= 0.6 is 39.0 Å². The van der Waals surface area contributed by atoms with Crippen LogP contribution in [0, 0.1) is 0 Å². The molecule has 122 valence electrons. The van der Waals surface area contributed by atoms with Crippen LogP contribution in [-0.2, 0) is 0 Å². The number of thioether (sulfide) groups is 1. The first kappa shape index (κ1) is 15.3. The zero-order chi connectivity index (χ0) is 16.8. The number of aromatic nitrogens is 3. The molecule has 7 heteroatoms. The molecule has 4 aromatic rings. The van der Waals surface area contributed by atoms with E-state index in [0.29, 0.717) is 0 Å².